The Morgan fingerprint density at radius 2 is 2.19 bits per heavy atom. The van der Waals surface area contributed by atoms with E-state index < -0.39 is 0 Å². The standard InChI is InChI=1S/C12H16FN3/c1-4-14-12(2,3)11-15-9-7-5-6-8(13)10(9)16-11/h5-7,14H,4H2,1-3H3,(H,15,16). The van der Waals surface area contributed by atoms with Crippen LogP contribution in [0.2, 0.25) is 0 Å². The van der Waals surface area contributed by atoms with E-state index in [-0.39, 0.29) is 11.4 Å². The number of fused-ring (bicyclic) bond motifs is 1. The van der Waals surface area contributed by atoms with Gasteiger partial charge in [0, 0.05) is 0 Å². The molecule has 0 amide bonds. The summed E-state index contributed by atoms with van der Waals surface area (Å²) in [7, 11) is 0. The summed E-state index contributed by atoms with van der Waals surface area (Å²) in [4.78, 5) is 7.46. The quantitative estimate of drug-likeness (QED) is 0.836. The topological polar surface area (TPSA) is 40.7 Å². The summed E-state index contributed by atoms with van der Waals surface area (Å²) in [5.74, 6) is 0.474. The lowest BCUT2D eigenvalue weighted by atomic mass is 10.1. The molecule has 4 heteroatoms. The van der Waals surface area contributed by atoms with Crippen molar-refractivity contribution in [2.24, 2.45) is 0 Å². The fourth-order valence-electron chi connectivity index (χ4n) is 1.82. The van der Waals surface area contributed by atoms with Gasteiger partial charge in [0.1, 0.15) is 11.3 Å². The molecule has 86 valence electrons. The van der Waals surface area contributed by atoms with E-state index in [9.17, 15) is 4.39 Å². The molecule has 1 heterocycles. The maximum Gasteiger partial charge on any atom is 0.151 e. The number of hydrogen-bond donors (Lipinski definition) is 2. The SMILES string of the molecule is CCNC(C)(C)c1nc2c(F)cccc2[nH]1. The molecule has 0 aliphatic rings. The van der Waals surface area contributed by atoms with Gasteiger partial charge in [0.05, 0.1) is 11.1 Å². The molecule has 2 N–H and O–H groups in total. The summed E-state index contributed by atoms with van der Waals surface area (Å²) in [6, 6.07) is 4.93. The van der Waals surface area contributed by atoms with E-state index in [0.29, 0.717) is 5.52 Å². The Hall–Kier alpha value is -1.42. The van der Waals surface area contributed by atoms with E-state index in [2.05, 4.69) is 15.3 Å². The summed E-state index contributed by atoms with van der Waals surface area (Å²) in [5.41, 5.74) is 0.865. The van der Waals surface area contributed by atoms with E-state index in [1.807, 2.05) is 26.8 Å². The van der Waals surface area contributed by atoms with Gasteiger partial charge in [-0.2, -0.15) is 0 Å². The van der Waals surface area contributed by atoms with Gasteiger partial charge in [-0.15, -0.1) is 0 Å². The van der Waals surface area contributed by atoms with E-state index >= 15 is 0 Å². The van der Waals surface area contributed by atoms with Gasteiger partial charge in [-0.05, 0) is 32.5 Å². The van der Waals surface area contributed by atoms with E-state index in [0.717, 1.165) is 17.9 Å². The van der Waals surface area contributed by atoms with Crippen LogP contribution in [0.4, 0.5) is 4.39 Å². The Labute approximate surface area is 94.1 Å². The molecule has 2 aromatic rings. The average molecular weight is 221 g/mol. The fraction of sp³-hybridized carbons (Fsp3) is 0.417. The maximum absolute atomic E-state index is 13.5. The number of rotatable bonds is 3. The zero-order chi connectivity index (χ0) is 11.8. The average Bonchev–Trinajstić information content (AvgIpc) is 2.63. The van der Waals surface area contributed by atoms with Crippen molar-refractivity contribution in [1.82, 2.24) is 15.3 Å². The Bertz CT molecular complexity index is 502. The van der Waals surface area contributed by atoms with Crippen LogP contribution in [-0.4, -0.2) is 16.5 Å². The molecular formula is C12H16FN3. The minimum absolute atomic E-state index is 0.278. The van der Waals surface area contributed by atoms with Crippen molar-refractivity contribution in [3.05, 3.63) is 29.8 Å². The largest absolute Gasteiger partial charge is 0.340 e. The number of aromatic amines is 1. The van der Waals surface area contributed by atoms with Crippen molar-refractivity contribution in [2.75, 3.05) is 6.54 Å². The predicted octanol–water partition coefficient (Wildman–Crippen LogP) is 2.55. The first kappa shape index (κ1) is 11.1. The number of nitrogens with zero attached hydrogens (tertiary/aromatic N) is 1. The van der Waals surface area contributed by atoms with E-state index in [1.165, 1.54) is 6.07 Å². The molecule has 0 fully saturated rings. The van der Waals surface area contributed by atoms with Crippen LogP contribution in [0.5, 0.6) is 0 Å². The maximum atomic E-state index is 13.5. The lowest BCUT2D eigenvalue weighted by Crippen LogP contribution is -2.37. The second-order valence-electron chi connectivity index (χ2n) is 4.38. The zero-order valence-corrected chi connectivity index (χ0v) is 9.76. The van der Waals surface area contributed by atoms with Gasteiger partial charge >= 0.3 is 0 Å². The third kappa shape index (κ3) is 1.80. The van der Waals surface area contributed by atoms with Crippen molar-refractivity contribution in [3.8, 4) is 0 Å². The number of imidazole rings is 1. The smallest absolute Gasteiger partial charge is 0.151 e. The Kier molecular flexibility index (Phi) is 2.68. The highest BCUT2D eigenvalue weighted by molar-refractivity contribution is 5.75. The van der Waals surface area contributed by atoms with Crippen LogP contribution in [0.25, 0.3) is 11.0 Å². The first-order valence-electron chi connectivity index (χ1n) is 5.44. The van der Waals surface area contributed by atoms with Gasteiger partial charge in [0.15, 0.2) is 5.82 Å². The summed E-state index contributed by atoms with van der Waals surface area (Å²) >= 11 is 0. The molecule has 1 aromatic heterocycles. The Morgan fingerprint density at radius 1 is 1.44 bits per heavy atom. The molecule has 16 heavy (non-hydrogen) atoms. The molecule has 3 nitrogen and oxygen atoms in total. The van der Waals surface area contributed by atoms with Gasteiger partial charge in [-0.1, -0.05) is 13.0 Å². The highest BCUT2D eigenvalue weighted by atomic mass is 19.1. The van der Waals surface area contributed by atoms with Crippen LogP contribution < -0.4 is 5.32 Å². The summed E-state index contributed by atoms with van der Waals surface area (Å²) < 4.78 is 13.5. The highest BCUT2D eigenvalue weighted by Gasteiger charge is 2.23. The van der Waals surface area contributed by atoms with Crippen LogP contribution in [0.3, 0.4) is 0 Å². The third-order valence-electron chi connectivity index (χ3n) is 2.67. The van der Waals surface area contributed by atoms with Gasteiger partial charge in [-0.25, -0.2) is 9.37 Å². The number of benzene rings is 1. The van der Waals surface area contributed by atoms with Crippen molar-refractivity contribution in [3.63, 3.8) is 0 Å². The van der Waals surface area contributed by atoms with Gasteiger partial charge in [0.2, 0.25) is 0 Å². The first-order chi connectivity index (χ1) is 7.54. The molecule has 0 saturated heterocycles. The molecule has 1 aromatic carbocycles. The minimum atomic E-state index is -0.285. The Morgan fingerprint density at radius 3 is 2.81 bits per heavy atom. The number of aromatic nitrogens is 2. The first-order valence-corrected chi connectivity index (χ1v) is 5.44. The number of halogens is 1. The number of nitrogens with one attached hydrogen (secondary N) is 2. The fourth-order valence-corrected chi connectivity index (χ4v) is 1.82. The lowest BCUT2D eigenvalue weighted by Gasteiger charge is -2.22. The zero-order valence-electron chi connectivity index (χ0n) is 9.76. The third-order valence-corrected chi connectivity index (χ3v) is 2.67. The molecule has 0 bridgehead atoms. The van der Waals surface area contributed by atoms with Crippen LogP contribution in [0, 0.1) is 5.82 Å². The summed E-state index contributed by atoms with van der Waals surface area (Å²) in [6.07, 6.45) is 0. The van der Waals surface area contributed by atoms with Crippen LogP contribution >= 0.6 is 0 Å². The molecule has 0 radical (unpaired) electrons. The number of para-hydroxylation sites is 1. The van der Waals surface area contributed by atoms with Crippen LogP contribution in [0.1, 0.15) is 26.6 Å². The monoisotopic (exact) mass is 221 g/mol. The van der Waals surface area contributed by atoms with Gasteiger partial charge < -0.3 is 10.3 Å². The highest BCUT2D eigenvalue weighted by Crippen LogP contribution is 2.22. The molecule has 0 unspecified atom stereocenters. The summed E-state index contributed by atoms with van der Waals surface area (Å²) in [5, 5.41) is 3.30. The van der Waals surface area contributed by atoms with Gasteiger partial charge in [-0.3, -0.25) is 0 Å². The lowest BCUT2D eigenvalue weighted by molar-refractivity contribution is 0.395. The normalized spacial score (nSPS) is 12.2. The van der Waals surface area contributed by atoms with Crippen LogP contribution in [0.15, 0.2) is 18.2 Å². The molecular weight excluding hydrogens is 205 g/mol. The second-order valence-corrected chi connectivity index (χ2v) is 4.38. The van der Waals surface area contributed by atoms with Crippen molar-refractivity contribution in [1.29, 1.82) is 0 Å². The molecule has 2 rings (SSSR count). The predicted molar refractivity (Wildman–Crippen MR) is 62.8 cm³/mol. The van der Waals surface area contributed by atoms with Crippen molar-refractivity contribution >= 4 is 11.0 Å². The van der Waals surface area contributed by atoms with Gasteiger partial charge in [0.25, 0.3) is 0 Å². The van der Waals surface area contributed by atoms with E-state index in [4.69, 9.17) is 0 Å². The molecule has 0 aliphatic carbocycles. The number of hydrogen-bond acceptors (Lipinski definition) is 2. The van der Waals surface area contributed by atoms with Crippen molar-refractivity contribution in [2.45, 2.75) is 26.3 Å². The number of H-pyrrole nitrogens is 1. The molecule has 0 saturated carbocycles. The molecule has 0 atom stereocenters. The molecule has 0 spiro atoms. The Balaban J connectivity index is 2.51. The summed E-state index contributed by atoms with van der Waals surface area (Å²) in [6.45, 7) is 6.91. The van der Waals surface area contributed by atoms with Crippen molar-refractivity contribution < 1.29 is 4.39 Å². The van der Waals surface area contributed by atoms with Crippen LogP contribution in [-0.2, 0) is 5.54 Å². The van der Waals surface area contributed by atoms with E-state index in [1.54, 1.807) is 6.07 Å². The minimum Gasteiger partial charge on any atom is -0.340 e. The molecule has 0 aliphatic heterocycles. The second kappa shape index (κ2) is 3.87.